The number of para-hydroxylation sites is 2. The highest BCUT2D eigenvalue weighted by atomic mass is 35.5. The first-order chi connectivity index (χ1) is 15.2. The monoisotopic (exact) mass is 472 g/mol. The minimum atomic E-state index is 0. The van der Waals surface area contributed by atoms with Crippen LogP contribution in [0.5, 0.6) is 17.2 Å². The van der Waals surface area contributed by atoms with Crippen LogP contribution in [0.3, 0.4) is 0 Å². The zero-order valence-corrected chi connectivity index (χ0v) is 20.2. The summed E-state index contributed by atoms with van der Waals surface area (Å²) < 4.78 is 16.5. The smallest absolute Gasteiger partial charge is 0.161 e. The van der Waals surface area contributed by atoms with Gasteiger partial charge in [0.1, 0.15) is 5.75 Å². The molecule has 0 saturated heterocycles. The number of nitrogens with one attached hydrogen (secondary N) is 1. The van der Waals surface area contributed by atoms with Crippen molar-refractivity contribution >= 4 is 35.0 Å². The number of aliphatic imine (C=N–C) groups is 1. The lowest BCUT2D eigenvalue weighted by molar-refractivity contribution is 0.342. The fraction of sp³-hybridized carbons (Fsp3) is 0.240. The van der Waals surface area contributed by atoms with E-state index in [-0.39, 0.29) is 12.4 Å². The second kappa shape index (κ2) is 13.6. The molecule has 0 aliphatic carbocycles. The van der Waals surface area contributed by atoms with Crippen LogP contribution in [0, 0.1) is 0 Å². The van der Waals surface area contributed by atoms with Gasteiger partial charge in [-0.15, -0.1) is 12.4 Å². The molecular weight excluding hydrogens is 444 g/mol. The fourth-order valence-electron chi connectivity index (χ4n) is 2.96. The molecule has 0 atom stereocenters. The first-order valence-corrected chi connectivity index (χ1v) is 11.1. The number of hydrogen-bond donors (Lipinski definition) is 1. The van der Waals surface area contributed by atoms with Crippen molar-refractivity contribution in [2.45, 2.75) is 19.2 Å². The molecule has 7 heteroatoms. The van der Waals surface area contributed by atoms with Crippen molar-refractivity contribution in [3.63, 3.8) is 0 Å². The lowest BCUT2D eigenvalue weighted by Crippen LogP contribution is -2.10. The first-order valence-electron chi connectivity index (χ1n) is 10.1. The third-order valence-corrected chi connectivity index (χ3v) is 5.48. The Morgan fingerprint density at radius 2 is 1.56 bits per heavy atom. The van der Waals surface area contributed by atoms with Crippen LogP contribution in [-0.2, 0) is 12.3 Å². The van der Waals surface area contributed by atoms with Gasteiger partial charge in [0.15, 0.2) is 16.7 Å². The summed E-state index contributed by atoms with van der Waals surface area (Å²) in [5.41, 5.74) is 3.18. The molecule has 0 heterocycles. The van der Waals surface area contributed by atoms with E-state index in [0.717, 1.165) is 27.9 Å². The maximum absolute atomic E-state index is 5.76. The van der Waals surface area contributed by atoms with Crippen LogP contribution in [0.2, 0.25) is 0 Å². The van der Waals surface area contributed by atoms with Gasteiger partial charge in [-0.2, -0.15) is 0 Å². The predicted octanol–water partition coefficient (Wildman–Crippen LogP) is 6.43. The predicted molar refractivity (Wildman–Crippen MR) is 137 cm³/mol. The number of hydrogen-bond acceptors (Lipinski definition) is 5. The molecule has 0 saturated carbocycles. The van der Waals surface area contributed by atoms with E-state index in [1.54, 1.807) is 26.0 Å². The van der Waals surface area contributed by atoms with Crippen LogP contribution < -0.4 is 19.5 Å². The molecule has 5 nitrogen and oxygen atoms in total. The summed E-state index contributed by atoms with van der Waals surface area (Å²) in [5, 5.41) is 4.28. The van der Waals surface area contributed by atoms with Gasteiger partial charge in [0.25, 0.3) is 0 Å². The second-order valence-corrected chi connectivity index (χ2v) is 7.60. The summed E-state index contributed by atoms with van der Waals surface area (Å²) in [4.78, 5) is 4.85. The van der Waals surface area contributed by atoms with Gasteiger partial charge < -0.3 is 19.5 Å². The van der Waals surface area contributed by atoms with Gasteiger partial charge in [0, 0.05) is 5.75 Å². The molecule has 1 N–H and O–H groups in total. The lowest BCUT2D eigenvalue weighted by Gasteiger charge is -2.14. The van der Waals surface area contributed by atoms with Crippen molar-refractivity contribution in [3.05, 3.63) is 83.9 Å². The normalized spacial score (nSPS) is 10.8. The second-order valence-electron chi connectivity index (χ2n) is 6.64. The number of benzene rings is 3. The maximum Gasteiger partial charge on any atom is 0.161 e. The Kier molecular flexibility index (Phi) is 10.8. The zero-order valence-electron chi connectivity index (χ0n) is 18.5. The molecule has 3 aromatic rings. The molecule has 0 spiro atoms. The average Bonchev–Trinajstić information content (AvgIpc) is 2.82. The molecule has 0 radical (unpaired) electrons. The first kappa shape index (κ1) is 25.4. The summed E-state index contributed by atoms with van der Waals surface area (Å²) >= 11 is 1.66. The van der Waals surface area contributed by atoms with Crippen LogP contribution in [0.1, 0.15) is 18.1 Å². The Labute approximate surface area is 200 Å². The van der Waals surface area contributed by atoms with E-state index >= 15 is 0 Å². The Bertz CT molecular complexity index is 999. The van der Waals surface area contributed by atoms with Crippen molar-refractivity contribution in [1.82, 2.24) is 0 Å². The minimum absolute atomic E-state index is 0. The summed E-state index contributed by atoms with van der Waals surface area (Å²) in [6.45, 7) is 3.10. The number of anilines is 1. The summed E-state index contributed by atoms with van der Waals surface area (Å²) in [6, 6.07) is 24.1. The molecule has 0 aliphatic rings. The molecule has 3 rings (SSSR count). The highest BCUT2D eigenvalue weighted by molar-refractivity contribution is 8.13. The van der Waals surface area contributed by atoms with E-state index in [0.29, 0.717) is 24.7 Å². The van der Waals surface area contributed by atoms with Gasteiger partial charge in [-0.1, -0.05) is 60.3 Å². The third kappa shape index (κ3) is 7.39. The Morgan fingerprint density at radius 1 is 0.844 bits per heavy atom. The van der Waals surface area contributed by atoms with Crippen molar-refractivity contribution in [2.75, 3.05) is 26.1 Å². The van der Waals surface area contributed by atoms with Crippen LogP contribution in [0.4, 0.5) is 5.69 Å². The molecule has 32 heavy (non-hydrogen) atoms. The fourth-order valence-corrected chi connectivity index (χ4v) is 3.79. The van der Waals surface area contributed by atoms with Crippen molar-refractivity contribution < 1.29 is 14.2 Å². The third-order valence-electron chi connectivity index (χ3n) is 4.50. The quantitative estimate of drug-likeness (QED) is 0.287. The number of rotatable bonds is 9. The van der Waals surface area contributed by atoms with Crippen molar-refractivity contribution in [1.29, 1.82) is 0 Å². The Morgan fingerprint density at radius 3 is 2.28 bits per heavy atom. The van der Waals surface area contributed by atoms with E-state index in [1.165, 1.54) is 5.56 Å². The molecule has 0 bridgehead atoms. The molecule has 0 unspecified atom stereocenters. The summed E-state index contributed by atoms with van der Waals surface area (Å²) in [5.74, 6) is 3.03. The number of amidine groups is 1. The van der Waals surface area contributed by atoms with Crippen molar-refractivity contribution in [3.8, 4) is 17.2 Å². The highest BCUT2D eigenvalue weighted by Crippen LogP contribution is 2.29. The number of nitrogens with zero attached hydrogens (tertiary/aromatic N) is 1. The molecular formula is C25H29ClN2O3S. The van der Waals surface area contributed by atoms with Gasteiger partial charge in [-0.25, -0.2) is 0 Å². The van der Waals surface area contributed by atoms with Gasteiger partial charge >= 0.3 is 0 Å². The van der Waals surface area contributed by atoms with Gasteiger partial charge in [-0.3, -0.25) is 4.99 Å². The number of methoxy groups -OCH3 is 2. The number of ether oxygens (including phenoxy) is 3. The van der Waals surface area contributed by atoms with E-state index in [9.17, 15) is 0 Å². The van der Waals surface area contributed by atoms with E-state index in [1.807, 2.05) is 67.6 Å². The van der Waals surface area contributed by atoms with Gasteiger partial charge in [0.05, 0.1) is 33.1 Å². The Balaban J connectivity index is 0.00000363. The number of halogens is 1. The molecule has 0 amide bonds. The zero-order chi connectivity index (χ0) is 21.9. The van der Waals surface area contributed by atoms with Crippen LogP contribution in [0.15, 0.2) is 77.8 Å². The van der Waals surface area contributed by atoms with Crippen molar-refractivity contribution in [2.24, 2.45) is 4.99 Å². The molecule has 0 aromatic heterocycles. The Hall–Kier alpha value is -2.83. The van der Waals surface area contributed by atoms with Gasteiger partial charge in [-0.05, 0) is 42.3 Å². The maximum atomic E-state index is 5.76. The van der Waals surface area contributed by atoms with Crippen LogP contribution in [-0.4, -0.2) is 26.0 Å². The molecule has 170 valence electrons. The van der Waals surface area contributed by atoms with Gasteiger partial charge in [0.2, 0.25) is 0 Å². The van der Waals surface area contributed by atoms with E-state index < -0.39 is 0 Å². The summed E-state index contributed by atoms with van der Waals surface area (Å²) in [7, 11) is 3.27. The highest BCUT2D eigenvalue weighted by Gasteiger charge is 2.09. The largest absolute Gasteiger partial charge is 0.493 e. The molecule has 0 aliphatic heterocycles. The standard InChI is InChI=1S/C25H28N2O3S.ClH/c1-4-30-22-13-9-8-12-21(22)27-25(31-18-19-10-6-5-7-11-19)26-17-20-14-15-23(28-2)24(16-20)29-3;/h5-16H,4,17-18H2,1-3H3,(H,26,27);1H. The minimum Gasteiger partial charge on any atom is -0.493 e. The molecule has 0 fully saturated rings. The van der Waals surface area contributed by atoms with Crippen LogP contribution >= 0.6 is 24.2 Å². The molecule has 3 aromatic carbocycles. The lowest BCUT2D eigenvalue weighted by atomic mass is 10.2. The number of thioether (sulfide) groups is 1. The summed E-state index contributed by atoms with van der Waals surface area (Å²) in [6.07, 6.45) is 0. The van der Waals surface area contributed by atoms with Crippen LogP contribution in [0.25, 0.3) is 0 Å². The van der Waals surface area contributed by atoms with E-state index in [2.05, 4.69) is 17.4 Å². The topological polar surface area (TPSA) is 52.1 Å². The SMILES string of the molecule is CCOc1ccccc1NC(=NCc1ccc(OC)c(OC)c1)SCc1ccccc1.Cl. The average molecular weight is 473 g/mol. The van der Waals surface area contributed by atoms with E-state index in [4.69, 9.17) is 19.2 Å².